The fourth-order valence-corrected chi connectivity index (χ4v) is 2.79. The molecule has 0 spiro atoms. The van der Waals surface area contributed by atoms with Crippen molar-refractivity contribution in [3.63, 3.8) is 0 Å². The smallest absolute Gasteiger partial charge is 0.762 e. The van der Waals surface area contributed by atoms with E-state index in [1.54, 1.807) is 6.07 Å². The first-order chi connectivity index (χ1) is 8.53. The van der Waals surface area contributed by atoms with Gasteiger partial charge in [-0.15, -0.1) is 0 Å². The maximum Gasteiger partial charge on any atom is 0.762 e. The van der Waals surface area contributed by atoms with E-state index in [9.17, 15) is 30.3 Å². The quantitative estimate of drug-likeness (QED) is 0.421. The van der Waals surface area contributed by atoms with Crippen LogP contribution in [0.2, 0.25) is 0 Å². The molecular formula is C10H15BF7NOS. The molecule has 1 atom stereocenters. The van der Waals surface area contributed by atoms with Crippen molar-refractivity contribution < 1.29 is 39.0 Å². The first-order valence-corrected chi connectivity index (χ1v) is 6.30. The zero-order chi connectivity index (χ0) is 15.3. The SMILES string of the molecule is C.C[N+](C)=S(=O)(c1ccccc1)C(F)(F)F.FB(F)F.[F-]. The number of halogens is 7. The van der Waals surface area contributed by atoms with Crippen LogP contribution in [0.25, 0.3) is 0 Å². The monoisotopic (exact) mass is 341 g/mol. The molecule has 0 aromatic heterocycles. The molecule has 1 aromatic carbocycles. The van der Waals surface area contributed by atoms with Crippen molar-refractivity contribution in [2.75, 3.05) is 14.1 Å². The average molecular weight is 341 g/mol. The summed E-state index contributed by atoms with van der Waals surface area (Å²) < 4.78 is 79.8. The zero-order valence-electron chi connectivity index (χ0n) is 10.4. The highest BCUT2D eigenvalue weighted by atomic mass is 32.2. The molecular weight excluding hydrogens is 326 g/mol. The van der Waals surface area contributed by atoms with Gasteiger partial charge in [-0.05, 0) is 12.1 Å². The van der Waals surface area contributed by atoms with Gasteiger partial charge in [-0.1, -0.05) is 25.6 Å². The van der Waals surface area contributed by atoms with Gasteiger partial charge in [-0.2, -0.15) is 21.3 Å². The second-order valence-electron chi connectivity index (χ2n) is 3.34. The van der Waals surface area contributed by atoms with Gasteiger partial charge in [0.25, 0.3) is 9.73 Å². The topological polar surface area (TPSA) is 20.1 Å². The second-order valence-corrected chi connectivity index (χ2v) is 6.06. The number of benzene rings is 1. The van der Waals surface area contributed by atoms with Crippen molar-refractivity contribution in [2.45, 2.75) is 17.8 Å². The predicted octanol–water partition coefficient (Wildman–Crippen LogP) is 0.825. The van der Waals surface area contributed by atoms with E-state index in [0.717, 1.165) is 14.1 Å². The largest absolute Gasteiger partial charge is 1.00 e. The molecule has 0 amide bonds. The average Bonchev–Trinajstić information content (AvgIpc) is 2.26. The normalized spacial score (nSPS) is 12.6. The highest BCUT2D eigenvalue weighted by Gasteiger charge is 2.50. The zero-order valence-corrected chi connectivity index (χ0v) is 11.2. The summed E-state index contributed by atoms with van der Waals surface area (Å²) in [4.78, 5) is -0.220. The molecule has 2 nitrogen and oxygen atoms in total. The third-order valence-corrected chi connectivity index (χ3v) is 4.46. The Balaban J connectivity index is -0.000000482. The van der Waals surface area contributed by atoms with Crippen LogP contribution in [0.15, 0.2) is 35.2 Å². The van der Waals surface area contributed by atoms with E-state index in [2.05, 4.69) is 0 Å². The molecule has 11 heteroatoms. The van der Waals surface area contributed by atoms with Crippen LogP contribution in [-0.4, -0.2) is 35.3 Å². The van der Waals surface area contributed by atoms with E-state index >= 15 is 0 Å². The minimum atomic E-state index is -4.77. The Morgan fingerprint density at radius 3 is 1.62 bits per heavy atom. The predicted molar refractivity (Wildman–Crippen MR) is 66.8 cm³/mol. The van der Waals surface area contributed by atoms with Crippen LogP contribution in [-0.2, 0) is 9.73 Å². The standard InChI is InChI=1S/C9H11F3NOS.CH4.BF3.FH/c1-13(2)15(14,9(10,11)12)8-6-4-3-5-7-8;;2-1(3)4;/h3-7H,1-2H3;1H4;;1H/q+1;;;/p-1. The maximum absolute atomic E-state index is 12.7. The molecule has 0 heterocycles. The molecule has 1 rings (SSSR count). The Morgan fingerprint density at radius 1 is 1.05 bits per heavy atom. The maximum atomic E-state index is 12.7. The number of alkyl halides is 3. The second kappa shape index (κ2) is 9.64. The van der Waals surface area contributed by atoms with Gasteiger partial charge in [0.2, 0.25) is 0 Å². The van der Waals surface area contributed by atoms with Crippen LogP contribution in [0.4, 0.5) is 26.1 Å². The Morgan fingerprint density at radius 2 is 1.38 bits per heavy atom. The summed E-state index contributed by atoms with van der Waals surface area (Å²) in [6.07, 6.45) is 0. The van der Waals surface area contributed by atoms with Gasteiger partial charge in [0.1, 0.15) is 14.1 Å². The molecule has 0 saturated heterocycles. The lowest BCUT2D eigenvalue weighted by molar-refractivity contribution is -0.445. The molecule has 0 aliphatic rings. The van der Waals surface area contributed by atoms with Crippen molar-refractivity contribution in [1.82, 2.24) is 0 Å². The Labute approximate surface area is 119 Å². The molecule has 0 bridgehead atoms. The van der Waals surface area contributed by atoms with Gasteiger partial charge in [-0.3, -0.25) is 12.9 Å². The van der Waals surface area contributed by atoms with E-state index < -0.39 is 22.8 Å². The van der Waals surface area contributed by atoms with Gasteiger partial charge in [0.15, 0.2) is 0 Å². The molecule has 0 saturated carbocycles. The highest BCUT2D eigenvalue weighted by molar-refractivity contribution is 7.92. The third-order valence-electron chi connectivity index (χ3n) is 1.89. The lowest BCUT2D eigenvalue weighted by Gasteiger charge is -2.11. The van der Waals surface area contributed by atoms with Crippen molar-refractivity contribution in [2.24, 2.45) is 0 Å². The molecule has 1 aromatic rings. The summed E-state index contributed by atoms with van der Waals surface area (Å²) in [6.45, 7) is 0. The van der Waals surface area contributed by atoms with E-state index in [-0.39, 0.29) is 17.0 Å². The third kappa shape index (κ3) is 6.83. The number of rotatable bonds is 1. The van der Waals surface area contributed by atoms with E-state index in [1.165, 1.54) is 24.3 Å². The van der Waals surface area contributed by atoms with Crippen LogP contribution in [0, 0.1) is 0 Å². The van der Waals surface area contributed by atoms with E-state index in [0.29, 0.717) is 3.95 Å². The summed E-state index contributed by atoms with van der Waals surface area (Å²) in [7, 11) is -5.52. The summed E-state index contributed by atoms with van der Waals surface area (Å²) in [6, 6.07) is 6.88. The van der Waals surface area contributed by atoms with Gasteiger partial charge < -0.3 is 4.70 Å². The van der Waals surface area contributed by atoms with Gasteiger partial charge in [0.05, 0.1) is 4.90 Å². The molecule has 0 N–H and O–H groups in total. The summed E-state index contributed by atoms with van der Waals surface area (Å²) in [5, 5.41) is 0. The van der Waals surface area contributed by atoms with Gasteiger partial charge in [0, 0.05) is 0 Å². The molecule has 21 heavy (non-hydrogen) atoms. The van der Waals surface area contributed by atoms with Crippen LogP contribution in [0.1, 0.15) is 7.43 Å². The first kappa shape index (κ1) is 24.7. The molecule has 0 radical (unpaired) electrons. The Bertz CT molecular complexity index is 505. The number of hydrogen-bond donors (Lipinski definition) is 0. The van der Waals surface area contributed by atoms with Crippen LogP contribution in [0.3, 0.4) is 0 Å². The fraction of sp³-hybridized carbons (Fsp3) is 0.400. The highest BCUT2D eigenvalue weighted by Crippen LogP contribution is 2.31. The van der Waals surface area contributed by atoms with Crippen LogP contribution in [0.5, 0.6) is 0 Å². The van der Waals surface area contributed by atoms with E-state index in [1.807, 2.05) is 0 Å². The molecule has 0 aliphatic carbocycles. The summed E-state index contributed by atoms with van der Waals surface area (Å²) in [5.74, 6) is 0. The Hall–Kier alpha value is -1.26. The molecule has 1 unspecified atom stereocenters. The van der Waals surface area contributed by atoms with E-state index in [4.69, 9.17) is 0 Å². The molecule has 124 valence electrons. The van der Waals surface area contributed by atoms with Crippen molar-refractivity contribution in [1.29, 1.82) is 0 Å². The van der Waals surface area contributed by atoms with Crippen molar-refractivity contribution in [3.05, 3.63) is 30.3 Å². The lowest BCUT2D eigenvalue weighted by Crippen LogP contribution is -3.00. The lowest BCUT2D eigenvalue weighted by atomic mass is 10.4. The van der Waals surface area contributed by atoms with Crippen LogP contribution >= 0.6 is 0 Å². The van der Waals surface area contributed by atoms with Gasteiger partial charge >= 0.3 is 13.1 Å². The summed E-state index contributed by atoms with van der Waals surface area (Å²) >= 11 is 0. The Kier molecular flexibility index (Phi) is 11.4. The minimum absolute atomic E-state index is 0. The van der Waals surface area contributed by atoms with Crippen molar-refractivity contribution in [3.8, 4) is 0 Å². The summed E-state index contributed by atoms with van der Waals surface area (Å²) in [5.41, 5.74) is -4.77. The molecule has 0 aliphatic heterocycles. The first-order valence-electron chi connectivity index (χ1n) is 4.78. The fourth-order valence-electron chi connectivity index (χ4n) is 1.16. The number of hydrogen-bond acceptors (Lipinski definition) is 1. The van der Waals surface area contributed by atoms with Crippen LogP contribution < -0.4 is 4.70 Å². The number of nitrogens with zero attached hydrogens (tertiary/aromatic N) is 1. The molecule has 0 fully saturated rings. The minimum Gasteiger partial charge on any atom is -1.00 e. The van der Waals surface area contributed by atoms with Gasteiger partial charge in [-0.25, -0.2) is 0 Å². The van der Waals surface area contributed by atoms with Crippen molar-refractivity contribution >= 4 is 17.3 Å².